The molecular formula is C30H34N4O6. The molecule has 3 amide bonds. The van der Waals surface area contributed by atoms with Crippen LogP contribution in [-0.2, 0) is 32.7 Å². The van der Waals surface area contributed by atoms with Gasteiger partial charge in [0.2, 0.25) is 0 Å². The van der Waals surface area contributed by atoms with Crippen molar-refractivity contribution in [3.05, 3.63) is 65.4 Å². The van der Waals surface area contributed by atoms with Gasteiger partial charge in [-0.25, -0.2) is 14.4 Å². The van der Waals surface area contributed by atoms with Crippen molar-refractivity contribution in [2.75, 3.05) is 32.2 Å². The summed E-state index contributed by atoms with van der Waals surface area (Å²) in [4.78, 5) is 44.7. The Bertz CT molecular complexity index is 1520. The quantitative estimate of drug-likeness (QED) is 0.396. The van der Waals surface area contributed by atoms with E-state index in [9.17, 15) is 14.4 Å². The number of fused-ring (bicyclic) bond motifs is 6. The van der Waals surface area contributed by atoms with Crippen LogP contribution in [0.4, 0.5) is 20.1 Å². The molecule has 6 rings (SSSR count). The first-order chi connectivity index (χ1) is 19.1. The smallest absolute Gasteiger partial charge is 0.416 e. The minimum absolute atomic E-state index is 0.345. The number of aromatic nitrogens is 1. The lowest BCUT2D eigenvalue weighted by molar-refractivity contribution is 0.0502. The van der Waals surface area contributed by atoms with Crippen LogP contribution < -0.4 is 4.90 Å². The van der Waals surface area contributed by atoms with Crippen LogP contribution in [0.5, 0.6) is 0 Å². The van der Waals surface area contributed by atoms with E-state index >= 15 is 0 Å². The minimum atomic E-state index is -0.853. The fraction of sp³-hybridized carbons (Fsp3) is 0.433. The molecule has 0 aliphatic carbocycles. The molecule has 0 spiro atoms. The normalized spacial score (nSPS) is 21.6. The first kappa shape index (κ1) is 26.0. The van der Waals surface area contributed by atoms with Gasteiger partial charge in [-0.05, 0) is 51.3 Å². The molecule has 3 aliphatic heterocycles. The lowest BCUT2D eigenvalue weighted by Gasteiger charge is -2.40. The van der Waals surface area contributed by atoms with E-state index in [1.807, 2.05) is 57.2 Å². The monoisotopic (exact) mass is 546 g/mol. The predicted octanol–water partition coefficient (Wildman–Crippen LogP) is 5.06. The molecule has 2 atom stereocenters. The molecule has 2 aromatic carbocycles. The van der Waals surface area contributed by atoms with E-state index < -0.39 is 29.5 Å². The van der Waals surface area contributed by atoms with Gasteiger partial charge in [0.15, 0.2) is 0 Å². The number of nitrogens with zero attached hydrogens (tertiary/aromatic N) is 4. The Morgan fingerprint density at radius 2 is 1.60 bits per heavy atom. The van der Waals surface area contributed by atoms with Gasteiger partial charge in [-0.3, -0.25) is 9.80 Å². The number of benzene rings is 2. The molecular weight excluding hydrogens is 512 g/mol. The molecule has 10 nitrogen and oxygen atoms in total. The Labute approximate surface area is 233 Å². The molecule has 1 saturated heterocycles. The van der Waals surface area contributed by atoms with E-state index in [-0.39, 0.29) is 6.09 Å². The topological polar surface area (TPSA) is 93.5 Å². The molecule has 3 aliphatic rings. The number of para-hydroxylation sites is 2. The molecule has 0 saturated carbocycles. The van der Waals surface area contributed by atoms with Crippen LogP contribution in [0.15, 0.2) is 48.5 Å². The lowest BCUT2D eigenvalue weighted by Crippen LogP contribution is -2.57. The number of amides is 3. The van der Waals surface area contributed by atoms with Gasteiger partial charge in [-0.1, -0.05) is 36.4 Å². The average molecular weight is 547 g/mol. The molecule has 0 unspecified atom stereocenters. The Morgan fingerprint density at radius 3 is 2.33 bits per heavy atom. The van der Waals surface area contributed by atoms with E-state index in [4.69, 9.17) is 14.2 Å². The first-order valence-electron chi connectivity index (χ1n) is 13.5. The number of rotatable bonds is 1. The van der Waals surface area contributed by atoms with Gasteiger partial charge >= 0.3 is 18.3 Å². The molecule has 210 valence electrons. The lowest BCUT2D eigenvalue weighted by atomic mass is 9.87. The van der Waals surface area contributed by atoms with E-state index in [0.29, 0.717) is 38.2 Å². The highest BCUT2D eigenvalue weighted by molar-refractivity contribution is 5.95. The maximum atomic E-state index is 13.9. The maximum absolute atomic E-state index is 13.9. The largest absolute Gasteiger partial charge is 0.453 e. The number of carbonyl (C=O) groups excluding carboxylic acids is 3. The zero-order chi connectivity index (χ0) is 28.4. The second-order valence-corrected chi connectivity index (χ2v) is 11.5. The van der Waals surface area contributed by atoms with Gasteiger partial charge in [-0.2, -0.15) is 0 Å². The van der Waals surface area contributed by atoms with Crippen LogP contribution in [0.1, 0.15) is 44.0 Å². The van der Waals surface area contributed by atoms with Gasteiger partial charge in [0, 0.05) is 35.2 Å². The van der Waals surface area contributed by atoms with Gasteiger partial charge < -0.3 is 23.7 Å². The molecule has 0 bridgehead atoms. The standard InChI is InChI=1S/C30H34N4O6/c1-29(2,3)40-28(37)33-23-13-9-7-11-21(23)30(15-17-32(25(30)33)27(36)39-5)34-22-12-8-6-10-19(22)20-14-16-31(18-24(20)34)26(35)38-4/h6-13,25H,14-18H2,1-5H3/t25-,30-/m0/s1. The molecule has 1 aromatic heterocycles. The number of carbonyl (C=O) groups is 3. The molecule has 0 N–H and O–H groups in total. The number of ether oxygens (including phenoxy) is 3. The van der Waals surface area contributed by atoms with E-state index in [0.717, 1.165) is 27.7 Å². The summed E-state index contributed by atoms with van der Waals surface area (Å²) in [5.74, 6) is 0. The van der Waals surface area contributed by atoms with E-state index in [1.54, 1.807) is 14.7 Å². The van der Waals surface area contributed by atoms with Crippen molar-refractivity contribution in [1.82, 2.24) is 14.4 Å². The molecule has 0 radical (unpaired) electrons. The number of likely N-dealkylation sites (tertiary alicyclic amines) is 1. The summed E-state index contributed by atoms with van der Waals surface area (Å²) < 4.78 is 18.5. The zero-order valence-corrected chi connectivity index (χ0v) is 23.5. The molecule has 3 aromatic rings. The summed E-state index contributed by atoms with van der Waals surface area (Å²) >= 11 is 0. The molecule has 40 heavy (non-hydrogen) atoms. The SMILES string of the molecule is COC(=O)N1CCc2c(n([C@]34CCN(C(=O)OC)[C@H]3N(C(=O)OC(C)(C)C)c3ccccc34)c3ccccc23)C1. The summed E-state index contributed by atoms with van der Waals surface area (Å²) in [7, 11) is 2.74. The van der Waals surface area contributed by atoms with Crippen molar-refractivity contribution in [3.63, 3.8) is 0 Å². The van der Waals surface area contributed by atoms with Crippen molar-refractivity contribution >= 4 is 34.9 Å². The van der Waals surface area contributed by atoms with Crippen LogP contribution in [0.25, 0.3) is 10.9 Å². The van der Waals surface area contributed by atoms with E-state index in [2.05, 4.69) is 16.7 Å². The minimum Gasteiger partial charge on any atom is -0.453 e. The van der Waals surface area contributed by atoms with Crippen LogP contribution in [0.2, 0.25) is 0 Å². The van der Waals surface area contributed by atoms with Gasteiger partial charge in [0.25, 0.3) is 0 Å². The second-order valence-electron chi connectivity index (χ2n) is 11.5. The molecule has 10 heteroatoms. The third-order valence-corrected chi connectivity index (χ3v) is 8.22. The van der Waals surface area contributed by atoms with Crippen LogP contribution in [0.3, 0.4) is 0 Å². The summed E-state index contributed by atoms with van der Waals surface area (Å²) in [6, 6.07) is 15.9. The fourth-order valence-electron chi connectivity index (χ4n) is 6.83. The van der Waals surface area contributed by atoms with Crippen LogP contribution in [-0.4, -0.2) is 71.7 Å². The predicted molar refractivity (Wildman–Crippen MR) is 148 cm³/mol. The van der Waals surface area contributed by atoms with Crippen LogP contribution >= 0.6 is 0 Å². The number of hydrogen-bond donors (Lipinski definition) is 0. The van der Waals surface area contributed by atoms with Crippen molar-refractivity contribution < 1.29 is 28.6 Å². The summed E-state index contributed by atoms with van der Waals surface area (Å²) in [6.07, 6.45) is -0.996. The molecule has 4 heterocycles. The summed E-state index contributed by atoms with van der Waals surface area (Å²) in [5.41, 5.74) is 3.11. The third kappa shape index (κ3) is 3.65. The Hall–Kier alpha value is -4.21. The van der Waals surface area contributed by atoms with Crippen molar-refractivity contribution in [2.24, 2.45) is 0 Å². The maximum Gasteiger partial charge on any atom is 0.416 e. The number of methoxy groups -OCH3 is 2. The first-order valence-corrected chi connectivity index (χ1v) is 13.5. The summed E-state index contributed by atoms with van der Waals surface area (Å²) in [5, 5.41) is 1.10. The average Bonchev–Trinajstić information content (AvgIpc) is 3.56. The Morgan fingerprint density at radius 1 is 0.900 bits per heavy atom. The Kier molecular flexibility index (Phi) is 5.97. The van der Waals surface area contributed by atoms with Gasteiger partial charge in [0.1, 0.15) is 17.3 Å². The number of hydrogen-bond acceptors (Lipinski definition) is 6. The van der Waals surface area contributed by atoms with Crippen LogP contribution in [0, 0.1) is 0 Å². The number of anilines is 1. The van der Waals surface area contributed by atoms with Crippen molar-refractivity contribution in [1.29, 1.82) is 0 Å². The highest BCUT2D eigenvalue weighted by Gasteiger charge is 2.63. The van der Waals surface area contributed by atoms with Gasteiger partial charge in [0.05, 0.1) is 26.5 Å². The zero-order valence-electron chi connectivity index (χ0n) is 23.5. The van der Waals surface area contributed by atoms with Crippen molar-refractivity contribution in [2.45, 2.75) is 57.5 Å². The van der Waals surface area contributed by atoms with Gasteiger partial charge in [-0.15, -0.1) is 0 Å². The van der Waals surface area contributed by atoms with Crippen molar-refractivity contribution in [3.8, 4) is 0 Å². The highest BCUT2D eigenvalue weighted by Crippen LogP contribution is 2.56. The Balaban J connectivity index is 1.64. The molecule has 1 fully saturated rings. The summed E-state index contributed by atoms with van der Waals surface area (Å²) in [6.45, 7) is 6.72. The fourth-order valence-corrected chi connectivity index (χ4v) is 6.83. The van der Waals surface area contributed by atoms with E-state index in [1.165, 1.54) is 14.2 Å². The third-order valence-electron chi connectivity index (χ3n) is 8.22. The highest BCUT2D eigenvalue weighted by atomic mass is 16.6. The second kappa shape index (κ2) is 9.18.